The van der Waals surface area contributed by atoms with Gasteiger partial charge in [-0.2, -0.15) is 0 Å². The highest BCUT2D eigenvalue weighted by Crippen LogP contribution is 2.31. The standard InChI is InChI=1S/C22H25N3O/c1-15(26)20(21(23)16-9-5-4-6-10-16)22-18(13-14-25(2)3)17-11-7-8-12-19(17)24-22/h4-12,24H,13-14,23H2,1-3H3. The zero-order chi connectivity index (χ0) is 18.7. The van der Waals surface area contributed by atoms with Crippen molar-refractivity contribution in [2.24, 2.45) is 5.73 Å². The van der Waals surface area contributed by atoms with Gasteiger partial charge in [-0.25, -0.2) is 0 Å². The molecule has 1 aromatic heterocycles. The number of ketones is 1. The number of aromatic nitrogens is 1. The van der Waals surface area contributed by atoms with Gasteiger partial charge < -0.3 is 15.6 Å². The van der Waals surface area contributed by atoms with Gasteiger partial charge in [0.2, 0.25) is 0 Å². The number of rotatable bonds is 6. The smallest absolute Gasteiger partial charge is 0.164 e. The quantitative estimate of drug-likeness (QED) is 0.669. The molecule has 0 atom stereocenters. The van der Waals surface area contributed by atoms with E-state index in [-0.39, 0.29) is 5.78 Å². The molecule has 0 aliphatic heterocycles. The number of allylic oxidation sites excluding steroid dienone is 1. The first-order valence-corrected chi connectivity index (χ1v) is 8.80. The van der Waals surface area contributed by atoms with Crippen molar-refractivity contribution in [3.8, 4) is 0 Å². The number of hydrogen-bond donors (Lipinski definition) is 2. The summed E-state index contributed by atoms with van der Waals surface area (Å²) in [5.74, 6) is -0.0380. The Hall–Kier alpha value is -2.85. The summed E-state index contributed by atoms with van der Waals surface area (Å²) in [6.07, 6.45) is 0.838. The number of carbonyl (C=O) groups is 1. The van der Waals surface area contributed by atoms with Gasteiger partial charge in [0, 0.05) is 17.4 Å². The number of hydrogen-bond acceptors (Lipinski definition) is 3. The van der Waals surface area contributed by atoms with Crippen molar-refractivity contribution in [1.29, 1.82) is 0 Å². The van der Waals surface area contributed by atoms with Crippen molar-refractivity contribution < 1.29 is 4.79 Å². The first-order chi connectivity index (χ1) is 12.5. The molecule has 0 fully saturated rings. The van der Waals surface area contributed by atoms with Gasteiger partial charge >= 0.3 is 0 Å². The van der Waals surface area contributed by atoms with Crippen LogP contribution in [0.15, 0.2) is 54.6 Å². The third-order valence-corrected chi connectivity index (χ3v) is 4.58. The summed E-state index contributed by atoms with van der Waals surface area (Å²) < 4.78 is 0. The molecule has 0 spiro atoms. The molecule has 0 amide bonds. The van der Waals surface area contributed by atoms with Crippen LogP contribution in [0.2, 0.25) is 0 Å². The van der Waals surface area contributed by atoms with E-state index in [0.717, 1.165) is 40.7 Å². The van der Waals surface area contributed by atoms with E-state index in [0.29, 0.717) is 11.3 Å². The van der Waals surface area contributed by atoms with Crippen molar-refractivity contribution in [2.45, 2.75) is 13.3 Å². The van der Waals surface area contributed by atoms with Crippen LogP contribution in [0.3, 0.4) is 0 Å². The summed E-state index contributed by atoms with van der Waals surface area (Å²) in [4.78, 5) is 18.1. The molecule has 4 nitrogen and oxygen atoms in total. The number of carbonyl (C=O) groups excluding carboxylic acids is 1. The molecule has 3 aromatic rings. The first kappa shape index (κ1) is 18.0. The lowest BCUT2D eigenvalue weighted by atomic mass is 9.96. The van der Waals surface area contributed by atoms with Crippen LogP contribution in [-0.4, -0.2) is 36.3 Å². The van der Waals surface area contributed by atoms with Gasteiger partial charge in [0.1, 0.15) is 0 Å². The Morgan fingerprint density at radius 1 is 1.04 bits per heavy atom. The second kappa shape index (κ2) is 7.58. The number of nitrogens with zero attached hydrogens (tertiary/aromatic N) is 1. The van der Waals surface area contributed by atoms with Crippen LogP contribution in [0.1, 0.15) is 23.7 Å². The topological polar surface area (TPSA) is 62.1 Å². The van der Waals surface area contributed by atoms with E-state index in [1.54, 1.807) is 6.92 Å². The summed E-state index contributed by atoms with van der Waals surface area (Å²) in [6, 6.07) is 17.8. The van der Waals surface area contributed by atoms with Gasteiger partial charge in [0.05, 0.1) is 17.0 Å². The van der Waals surface area contributed by atoms with Crippen LogP contribution < -0.4 is 5.73 Å². The molecule has 0 saturated carbocycles. The van der Waals surface area contributed by atoms with E-state index < -0.39 is 0 Å². The maximum absolute atomic E-state index is 12.6. The number of H-pyrrole nitrogens is 1. The predicted octanol–water partition coefficient (Wildman–Crippen LogP) is 3.69. The fourth-order valence-electron chi connectivity index (χ4n) is 3.27. The Morgan fingerprint density at radius 2 is 1.69 bits per heavy atom. The van der Waals surface area contributed by atoms with Crippen molar-refractivity contribution >= 4 is 28.0 Å². The highest BCUT2D eigenvalue weighted by Gasteiger charge is 2.21. The molecule has 2 aromatic carbocycles. The monoisotopic (exact) mass is 347 g/mol. The van der Waals surface area contributed by atoms with E-state index >= 15 is 0 Å². The highest BCUT2D eigenvalue weighted by molar-refractivity contribution is 6.27. The summed E-state index contributed by atoms with van der Waals surface area (Å²) in [5, 5.41) is 1.14. The Morgan fingerprint density at radius 3 is 2.35 bits per heavy atom. The second-order valence-corrected chi connectivity index (χ2v) is 6.79. The van der Waals surface area contributed by atoms with Crippen LogP contribution in [0.25, 0.3) is 22.2 Å². The molecule has 0 aliphatic rings. The van der Waals surface area contributed by atoms with E-state index in [4.69, 9.17) is 5.73 Å². The molecular weight excluding hydrogens is 322 g/mol. The third-order valence-electron chi connectivity index (χ3n) is 4.58. The number of benzene rings is 2. The van der Waals surface area contributed by atoms with E-state index in [2.05, 4.69) is 30.0 Å². The van der Waals surface area contributed by atoms with Gasteiger partial charge in [-0.05, 0) is 44.6 Å². The molecular formula is C22H25N3O. The molecule has 0 unspecified atom stereocenters. The number of aromatic amines is 1. The predicted molar refractivity (Wildman–Crippen MR) is 109 cm³/mol. The maximum Gasteiger partial charge on any atom is 0.164 e. The number of nitrogens with two attached hydrogens (primary N) is 1. The van der Waals surface area contributed by atoms with Gasteiger partial charge in [0.25, 0.3) is 0 Å². The van der Waals surface area contributed by atoms with Crippen LogP contribution in [-0.2, 0) is 11.2 Å². The van der Waals surface area contributed by atoms with Gasteiger partial charge in [-0.3, -0.25) is 4.79 Å². The third kappa shape index (κ3) is 3.55. The summed E-state index contributed by atoms with van der Waals surface area (Å²) in [6.45, 7) is 2.47. The molecule has 0 bridgehead atoms. The van der Waals surface area contributed by atoms with Crippen molar-refractivity contribution in [1.82, 2.24) is 9.88 Å². The Kier molecular flexibility index (Phi) is 5.24. The zero-order valence-electron chi connectivity index (χ0n) is 15.5. The second-order valence-electron chi connectivity index (χ2n) is 6.79. The number of Topliss-reactive ketones (excluding diaryl/α,β-unsaturated/α-hetero) is 1. The van der Waals surface area contributed by atoms with Crippen molar-refractivity contribution in [3.63, 3.8) is 0 Å². The number of para-hydroxylation sites is 1. The van der Waals surface area contributed by atoms with Crippen LogP contribution in [0.5, 0.6) is 0 Å². The molecule has 3 N–H and O–H groups in total. The van der Waals surface area contributed by atoms with Crippen LogP contribution in [0, 0.1) is 0 Å². The summed E-state index contributed by atoms with van der Waals surface area (Å²) >= 11 is 0. The lowest BCUT2D eigenvalue weighted by Gasteiger charge is -2.13. The van der Waals surface area contributed by atoms with E-state index in [1.807, 2.05) is 48.5 Å². The molecule has 3 rings (SSSR count). The largest absolute Gasteiger partial charge is 0.398 e. The highest BCUT2D eigenvalue weighted by atomic mass is 16.1. The minimum atomic E-state index is -0.0380. The summed E-state index contributed by atoms with van der Waals surface area (Å²) in [5.41, 5.74) is 11.4. The van der Waals surface area contributed by atoms with Gasteiger partial charge in [-0.15, -0.1) is 0 Å². The van der Waals surface area contributed by atoms with E-state index in [9.17, 15) is 4.79 Å². The van der Waals surface area contributed by atoms with Crippen molar-refractivity contribution in [2.75, 3.05) is 20.6 Å². The number of fused-ring (bicyclic) bond motifs is 1. The Bertz CT molecular complexity index is 952. The minimum absolute atomic E-state index is 0.0380. The molecule has 26 heavy (non-hydrogen) atoms. The lowest BCUT2D eigenvalue weighted by Crippen LogP contribution is -2.16. The fraction of sp³-hybridized carbons (Fsp3) is 0.227. The summed E-state index contributed by atoms with van der Waals surface area (Å²) in [7, 11) is 4.10. The maximum atomic E-state index is 12.6. The molecule has 0 radical (unpaired) electrons. The average molecular weight is 347 g/mol. The van der Waals surface area contributed by atoms with Crippen molar-refractivity contribution in [3.05, 3.63) is 71.4 Å². The van der Waals surface area contributed by atoms with E-state index in [1.165, 1.54) is 0 Å². The Balaban J connectivity index is 2.23. The average Bonchev–Trinajstić information content (AvgIpc) is 2.98. The molecule has 4 heteroatoms. The number of nitrogens with one attached hydrogen (secondary N) is 1. The lowest BCUT2D eigenvalue weighted by molar-refractivity contribution is -0.111. The molecule has 0 saturated heterocycles. The normalized spacial score (nSPS) is 12.5. The number of likely N-dealkylation sites (N-methyl/N-ethyl adjacent to an activating group) is 1. The first-order valence-electron chi connectivity index (χ1n) is 8.80. The Labute approximate surface area is 154 Å². The molecule has 1 heterocycles. The van der Waals surface area contributed by atoms with Gasteiger partial charge in [-0.1, -0.05) is 48.5 Å². The molecule has 134 valence electrons. The molecule has 0 aliphatic carbocycles. The van der Waals surface area contributed by atoms with Gasteiger partial charge in [0.15, 0.2) is 5.78 Å². The zero-order valence-corrected chi connectivity index (χ0v) is 15.5. The van der Waals surface area contributed by atoms with Crippen LogP contribution >= 0.6 is 0 Å². The van der Waals surface area contributed by atoms with Crippen LogP contribution in [0.4, 0.5) is 0 Å². The fourth-order valence-corrected chi connectivity index (χ4v) is 3.27. The minimum Gasteiger partial charge on any atom is -0.398 e. The SMILES string of the molecule is CC(=O)C(=C(N)c1ccccc1)c1[nH]c2ccccc2c1CCN(C)C.